The van der Waals surface area contributed by atoms with Gasteiger partial charge in [0.2, 0.25) is 0 Å². The van der Waals surface area contributed by atoms with Crippen molar-refractivity contribution in [2.75, 3.05) is 0 Å². The fraction of sp³-hybridized carbons (Fsp3) is 0.167. The Morgan fingerprint density at radius 2 is 2.19 bits per heavy atom. The van der Waals surface area contributed by atoms with Crippen LogP contribution in [0.2, 0.25) is 0 Å². The standard InChI is InChI=1S/C18H13FN2O4S/c19-12-5-11(7-20-8-12)15-3-1-10-6-13(2-4-14(10)25-15)24-18-21-9-16(26-18)17(22)23/h2,4-9,15H,1,3H2,(H,22,23). The summed E-state index contributed by atoms with van der Waals surface area (Å²) in [4.78, 5) is 18.8. The summed E-state index contributed by atoms with van der Waals surface area (Å²) in [5, 5.41) is 9.20. The SMILES string of the molecule is O=C(O)c1cnc(Oc2ccc3c(c2)CCC(c2cncc(F)c2)O3)s1. The van der Waals surface area contributed by atoms with E-state index in [0.717, 1.165) is 29.5 Å². The molecule has 3 aromatic rings. The second-order valence-corrected chi connectivity index (χ2v) is 6.74. The molecule has 1 aliphatic rings. The number of aromatic nitrogens is 2. The number of aromatic carboxylic acids is 1. The number of halogens is 1. The Hall–Kier alpha value is -3.00. The molecule has 6 nitrogen and oxygen atoms in total. The Morgan fingerprint density at radius 3 is 2.96 bits per heavy atom. The molecule has 1 aliphatic heterocycles. The van der Waals surface area contributed by atoms with Gasteiger partial charge in [-0.05, 0) is 42.7 Å². The van der Waals surface area contributed by atoms with E-state index < -0.39 is 5.97 Å². The Morgan fingerprint density at radius 1 is 1.31 bits per heavy atom. The van der Waals surface area contributed by atoms with E-state index in [1.54, 1.807) is 18.3 Å². The van der Waals surface area contributed by atoms with Crippen molar-refractivity contribution in [2.24, 2.45) is 0 Å². The Balaban J connectivity index is 1.50. The van der Waals surface area contributed by atoms with Crippen molar-refractivity contribution in [1.29, 1.82) is 0 Å². The molecule has 0 radical (unpaired) electrons. The van der Waals surface area contributed by atoms with Crippen LogP contribution in [-0.4, -0.2) is 21.0 Å². The quantitative estimate of drug-likeness (QED) is 0.738. The predicted octanol–water partition coefficient (Wildman–Crippen LogP) is 4.23. The molecule has 0 saturated carbocycles. The fourth-order valence-electron chi connectivity index (χ4n) is 2.77. The third kappa shape index (κ3) is 3.36. The number of nitrogens with zero attached hydrogens (tertiary/aromatic N) is 2. The van der Waals surface area contributed by atoms with Crippen molar-refractivity contribution >= 4 is 17.3 Å². The first-order valence-corrected chi connectivity index (χ1v) is 8.67. The van der Waals surface area contributed by atoms with Gasteiger partial charge in [-0.25, -0.2) is 14.2 Å². The summed E-state index contributed by atoms with van der Waals surface area (Å²) in [5.41, 5.74) is 1.68. The van der Waals surface area contributed by atoms with Crippen LogP contribution in [-0.2, 0) is 6.42 Å². The minimum absolute atomic E-state index is 0.118. The largest absolute Gasteiger partial charge is 0.485 e. The molecular formula is C18H13FN2O4S. The zero-order valence-corrected chi connectivity index (χ0v) is 14.2. The first-order chi connectivity index (χ1) is 12.6. The average molecular weight is 372 g/mol. The molecule has 1 unspecified atom stereocenters. The number of thiazole rings is 1. The van der Waals surface area contributed by atoms with E-state index in [-0.39, 0.29) is 22.0 Å². The lowest BCUT2D eigenvalue weighted by Gasteiger charge is -2.26. The smallest absolute Gasteiger partial charge is 0.347 e. The van der Waals surface area contributed by atoms with Gasteiger partial charge in [-0.3, -0.25) is 4.98 Å². The Kier molecular flexibility index (Phi) is 4.26. The second-order valence-electron chi connectivity index (χ2n) is 5.75. The first-order valence-electron chi connectivity index (χ1n) is 7.85. The van der Waals surface area contributed by atoms with Crippen LogP contribution in [0.15, 0.2) is 42.9 Å². The van der Waals surface area contributed by atoms with Crippen LogP contribution in [0.5, 0.6) is 16.7 Å². The number of fused-ring (bicyclic) bond motifs is 1. The normalized spacial score (nSPS) is 15.8. The highest BCUT2D eigenvalue weighted by atomic mass is 32.1. The number of rotatable bonds is 4. The maximum atomic E-state index is 13.4. The number of hydrogen-bond acceptors (Lipinski definition) is 6. The number of hydrogen-bond donors (Lipinski definition) is 1. The van der Waals surface area contributed by atoms with Crippen molar-refractivity contribution in [2.45, 2.75) is 18.9 Å². The van der Waals surface area contributed by atoms with Gasteiger partial charge in [0.05, 0.1) is 12.4 Å². The molecule has 0 amide bonds. The zero-order chi connectivity index (χ0) is 18.1. The van der Waals surface area contributed by atoms with Crippen molar-refractivity contribution in [3.63, 3.8) is 0 Å². The van der Waals surface area contributed by atoms with Gasteiger partial charge in [-0.1, -0.05) is 11.3 Å². The summed E-state index contributed by atoms with van der Waals surface area (Å²) in [7, 11) is 0. The van der Waals surface area contributed by atoms with E-state index in [2.05, 4.69) is 9.97 Å². The number of benzene rings is 1. The first kappa shape index (κ1) is 16.5. The summed E-state index contributed by atoms with van der Waals surface area (Å²) in [6.07, 6.45) is 5.24. The van der Waals surface area contributed by atoms with E-state index in [4.69, 9.17) is 14.6 Å². The molecule has 0 bridgehead atoms. The lowest BCUT2D eigenvalue weighted by molar-refractivity contribution is 0.0702. The molecule has 132 valence electrons. The molecule has 2 aromatic heterocycles. The monoisotopic (exact) mass is 372 g/mol. The van der Waals surface area contributed by atoms with Crippen molar-refractivity contribution in [1.82, 2.24) is 9.97 Å². The molecule has 1 aromatic carbocycles. The summed E-state index contributed by atoms with van der Waals surface area (Å²) in [6.45, 7) is 0. The molecule has 8 heteroatoms. The van der Waals surface area contributed by atoms with Crippen LogP contribution in [0.1, 0.15) is 33.3 Å². The Labute approximate surface area is 151 Å². The highest BCUT2D eigenvalue weighted by molar-refractivity contribution is 7.15. The number of ether oxygens (including phenoxy) is 2. The van der Waals surface area contributed by atoms with Gasteiger partial charge in [0.25, 0.3) is 5.19 Å². The molecule has 0 spiro atoms. The molecular weight excluding hydrogens is 359 g/mol. The van der Waals surface area contributed by atoms with E-state index in [0.29, 0.717) is 23.5 Å². The highest BCUT2D eigenvalue weighted by Crippen LogP contribution is 2.38. The van der Waals surface area contributed by atoms with Gasteiger partial charge in [-0.15, -0.1) is 0 Å². The average Bonchev–Trinajstić information content (AvgIpc) is 3.10. The molecule has 0 aliphatic carbocycles. The van der Waals surface area contributed by atoms with Crippen LogP contribution >= 0.6 is 11.3 Å². The summed E-state index contributed by atoms with van der Waals surface area (Å²) >= 11 is 0.966. The molecule has 1 atom stereocenters. The van der Waals surface area contributed by atoms with Crippen LogP contribution < -0.4 is 9.47 Å². The number of aryl methyl sites for hydroxylation is 1. The van der Waals surface area contributed by atoms with Gasteiger partial charge >= 0.3 is 5.97 Å². The van der Waals surface area contributed by atoms with Gasteiger partial charge in [0, 0.05) is 11.8 Å². The topological polar surface area (TPSA) is 81.5 Å². The van der Waals surface area contributed by atoms with E-state index in [1.807, 2.05) is 6.07 Å². The Bertz CT molecular complexity index is 975. The zero-order valence-electron chi connectivity index (χ0n) is 13.4. The van der Waals surface area contributed by atoms with Gasteiger partial charge < -0.3 is 14.6 Å². The van der Waals surface area contributed by atoms with E-state index in [1.165, 1.54) is 12.3 Å². The second kappa shape index (κ2) is 6.72. The molecule has 3 heterocycles. The molecule has 26 heavy (non-hydrogen) atoms. The molecule has 1 N–H and O–H groups in total. The lowest BCUT2D eigenvalue weighted by Crippen LogP contribution is -2.15. The van der Waals surface area contributed by atoms with Gasteiger partial charge in [0.1, 0.15) is 28.3 Å². The maximum Gasteiger partial charge on any atom is 0.347 e. The van der Waals surface area contributed by atoms with Crippen LogP contribution in [0.25, 0.3) is 0 Å². The predicted molar refractivity (Wildman–Crippen MR) is 91.5 cm³/mol. The van der Waals surface area contributed by atoms with Gasteiger partial charge in [0.15, 0.2) is 0 Å². The number of pyridine rings is 1. The highest BCUT2D eigenvalue weighted by Gasteiger charge is 2.22. The van der Waals surface area contributed by atoms with Crippen LogP contribution in [0, 0.1) is 5.82 Å². The minimum Gasteiger partial charge on any atom is -0.485 e. The van der Waals surface area contributed by atoms with Gasteiger partial charge in [-0.2, -0.15) is 0 Å². The fourth-order valence-corrected chi connectivity index (χ4v) is 3.40. The van der Waals surface area contributed by atoms with Crippen LogP contribution in [0.4, 0.5) is 4.39 Å². The van der Waals surface area contributed by atoms with Crippen molar-refractivity contribution in [3.8, 4) is 16.7 Å². The third-order valence-corrected chi connectivity index (χ3v) is 4.84. The lowest BCUT2D eigenvalue weighted by atomic mass is 9.98. The maximum absolute atomic E-state index is 13.4. The van der Waals surface area contributed by atoms with Crippen molar-refractivity contribution < 1.29 is 23.8 Å². The summed E-state index contributed by atoms with van der Waals surface area (Å²) in [5.74, 6) is -0.147. The third-order valence-electron chi connectivity index (χ3n) is 3.98. The number of carboxylic acids is 1. The molecule has 4 rings (SSSR count). The summed E-state index contributed by atoms with van der Waals surface area (Å²) in [6, 6.07) is 6.79. The summed E-state index contributed by atoms with van der Waals surface area (Å²) < 4.78 is 24.9. The van der Waals surface area contributed by atoms with Crippen LogP contribution in [0.3, 0.4) is 0 Å². The number of carbonyl (C=O) groups is 1. The molecule has 0 fully saturated rings. The van der Waals surface area contributed by atoms with E-state index in [9.17, 15) is 9.18 Å². The van der Waals surface area contributed by atoms with Crippen molar-refractivity contribution in [3.05, 3.63) is 64.7 Å². The number of carboxylic acid groups (broad SMARTS) is 1. The minimum atomic E-state index is -1.03. The molecule has 0 saturated heterocycles. The van der Waals surface area contributed by atoms with E-state index >= 15 is 0 Å².